The van der Waals surface area contributed by atoms with Crippen molar-refractivity contribution in [2.75, 3.05) is 13.1 Å². The Hall–Kier alpha value is -0.890. The molecule has 1 atom stereocenters. The summed E-state index contributed by atoms with van der Waals surface area (Å²) in [6.45, 7) is 5.42. The molecule has 1 unspecified atom stereocenters. The van der Waals surface area contributed by atoms with Crippen molar-refractivity contribution in [2.24, 2.45) is 0 Å². The van der Waals surface area contributed by atoms with E-state index in [1.54, 1.807) is 0 Å². The Morgan fingerprint density at radius 3 is 2.87 bits per heavy atom. The number of aryl methyl sites for hydroxylation is 2. The van der Waals surface area contributed by atoms with E-state index in [-0.39, 0.29) is 0 Å². The van der Waals surface area contributed by atoms with Gasteiger partial charge >= 0.3 is 0 Å². The van der Waals surface area contributed by atoms with Crippen LogP contribution in [0.2, 0.25) is 0 Å². The van der Waals surface area contributed by atoms with Gasteiger partial charge in [-0.25, -0.2) is 4.39 Å². The number of nitrogens with one attached hydrogen (secondary N) is 1. The van der Waals surface area contributed by atoms with Gasteiger partial charge in [0.05, 0.1) is 0 Å². The Labute approximate surface area is 90.7 Å². The molecule has 1 aliphatic rings. The summed E-state index contributed by atoms with van der Waals surface area (Å²) in [5.74, 6) is 0. The Bertz CT molecular complexity index is 354. The molecule has 1 aromatic carbocycles. The van der Waals surface area contributed by atoms with Gasteiger partial charge in [0.15, 0.2) is 0 Å². The molecule has 82 valence electrons. The number of hydrogen-bond donors (Lipinski definition) is 1. The summed E-state index contributed by atoms with van der Waals surface area (Å²) in [6.07, 6.45) is 1.19. The molecule has 1 aliphatic heterocycles. The van der Waals surface area contributed by atoms with E-state index in [0.717, 1.165) is 12.1 Å². The second kappa shape index (κ2) is 3.93. The van der Waals surface area contributed by atoms with E-state index in [1.807, 2.05) is 0 Å². The molecule has 0 aromatic heterocycles. The predicted octanol–water partition coefficient (Wildman–Crippen LogP) is 2.55. The fourth-order valence-electron chi connectivity index (χ4n) is 2.20. The molecule has 0 spiro atoms. The minimum atomic E-state index is -1.03. The second-order valence-electron chi connectivity index (χ2n) is 4.68. The van der Waals surface area contributed by atoms with Crippen molar-refractivity contribution in [1.82, 2.24) is 5.32 Å². The molecule has 1 aromatic rings. The SMILES string of the molecule is Cc1ccc(C)c(CC2(F)CCNC2)c1. The number of benzene rings is 1. The third kappa shape index (κ3) is 2.37. The second-order valence-corrected chi connectivity index (χ2v) is 4.68. The Morgan fingerprint density at radius 1 is 1.40 bits per heavy atom. The van der Waals surface area contributed by atoms with Gasteiger partial charge in [-0.2, -0.15) is 0 Å². The highest BCUT2D eigenvalue weighted by atomic mass is 19.1. The van der Waals surface area contributed by atoms with Crippen molar-refractivity contribution < 1.29 is 4.39 Å². The first kappa shape index (κ1) is 10.6. The summed E-state index contributed by atoms with van der Waals surface area (Å²) in [5, 5.41) is 3.09. The topological polar surface area (TPSA) is 12.0 Å². The summed E-state index contributed by atoms with van der Waals surface area (Å²) in [4.78, 5) is 0. The number of alkyl halides is 1. The van der Waals surface area contributed by atoms with Crippen LogP contribution in [0.5, 0.6) is 0 Å². The molecule has 0 bridgehead atoms. The number of halogens is 1. The highest BCUT2D eigenvalue weighted by molar-refractivity contribution is 5.32. The molecule has 2 heteroatoms. The van der Waals surface area contributed by atoms with Crippen molar-refractivity contribution >= 4 is 0 Å². The van der Waals surface area contributed by atoms with Gasteiger partial charge in [-0.1, -0.05) is 23.8 Å². The van der Waals surface area contributed by atoms with E-state index < -0.39 is 5.67 Å². The molecule has 1 fully saturated rings. The Morgan fingerprint density at radius 2 is 2.20 bits per heavy atom. The lowest BCUT2D eigenvalue weighted by Gasteiger charge is -2.19. The van der Waals surface area contributed by atoms with Gasteiger partial charge < -0.3 is 5.32 Å². The summed E-state index contributed by atoms with van der Waals surface area (Å²) in [5.41, 5.74) is 2.54. The maximum absolute atomic E-state index is 14.2. The van der Waals surface area contributed by atoms with E-state index in [1.165, 1.54) is 11.1 Å². The van der Waals surface area contributed by atoms with E-state index in [9.17, 15) is 4.39 Å². The number of rotatable bonds is 2. The van der Waals surface area contributed by atoms with Gasteiger partial charge in [-0.05, 0) is 37.9 Å². The summed E-state index contributed by atoms with van der Waals surface area (Å²) in [7, 11) is 0. The maximum Gasteiger partial charge on any atom is 0.128 e. The minimum Gasteiger partial charge on any atom is -0.313 e. The molecule has 1 N–H and O–H groups in total. The van der Waals surface area contributed by atoms with Crippen LogP contribution in [-0.4, -0.2) is 18.8 Å². The van der Waals surface area contributed by atoms with Gasteiger partial charge in [-0.15, -0.1) is 0 Å². The third-order valence-electron chi connectivity index (χ3n) is 3.20. The molecule has 0 saturated carbocycles. The van der Waals surface area contributed by atoms with E-state index >= 15 is 0 Å². The van der Waals surface area contributed by atoms with Gasteiger partial charge in [0, 0.05) is 13.0 Å². The van der Waals surface area contributed by atoms with Gasteiger partial charge in [0.2, 0.25) is 0 Å². The molecule has 0 amide bonds. The van der Waals surface area contributed by atoms with E-state index in [4.69, 9.17) is 0 Å². The monoisotopic (exact) mass is 207 g/mol. The largest absolute Gasteiger partial charge is 0.313 e. The normalized spacial score (nSPS) is 25.8. The van der Waals surface area contributed by atoms with Crippen molar-refractivity contribution in [3.8, 4) is 0 Å². The molecule has 0 radical (unpaired) electrons. The highest BCUT2D eigenvalue weighted by Crippen LogP contribution is 2.26. The summed E-state index contributed by atoms with van der Waals surface area (Å²) >= 11 is 0. The lowest BCUT2D eigenvalue weighted by molar-refractivity contribution is 0.190. The lowest BCUT2D eigenvalue weighted by Crippen LogP contribution is -2.29. The average Bonchev–Trinajstić information content (AvgIpc) is 2.59. The lowest BCUT2D eigenvalue weighted by atomic mass is 9.92. The first-order valence-corrected chi connectivity index (χ1v) is 5.55. The molecule has 1 heterocycles. The zero-order chi connectivity index (χ0) is 10.9. The Kier molecular flexibility index (Phi) is 2.79. The van der Waals surface area contributed by atoms with Crippen molar-refractivity contribution in [3.63, 3.8) is 0 Å². The fourth-order valence-corrected chi connectivity index (χ4v) is 2.20. The standard InChI is InChI=1S/C13H18FN/c1-10-3-4-11(2)12(7-10)8-13(14)5-6-15-9-13/h3-4,7,15H,5-6,8-9H2,1-2H3. The first-order chi connectivity index (χ1) is 7.09. The van der Waals surface area contributed by atoms with Crippen LogP contribution in [0.3, 0.4) is 0 Å². The smallest absolute Gasteiger partial charge is 0.128 e. The van der Waals surface area contributed by atoms with Gasteiger partial charge in [-0.3, -0.25) is 0 Å². The third-order valence-corrected chi connectivity index (χ3v) is 3.20. The molecular weight excluding hydrogens is 189 g/mol. The van der Waals surface area contributed by atoms with Crippen molar-refractivity contribution in [2.45, 2.75) is 32.4 Å². The van der Waals surface area contributed by atoms with Crippen LogP contribution in [0.4, 0.5) is 4.39 Å². The molecule has 0 aliphatic carbocycles. The van der Waals surface area contributed by atoms with Crippen LogP contribution < -0.4 is 5.32 Å². The highest BCUT2D eigenvalue weighted by Gasteiger charge is 2.33. The first-order valence-electron chi connectivity index (χ1n) is 5.55. The van der Waals surface area contributed by atoms with Crippen LogP contribution >= 0.6 is 0 Å². The quantitative estimate of drug-likeness (QED) is 0.786. The van der Waals surface area contributed by atoms with Gasteiger partial charge in [0.1, 0.15) is 5.67 Å². The minimum absolute atomic E-state index is 0.500. The number of hydrogen-bond acceptors (Lipinski definition) is 1. The maximum atomic E-state index is 14.2. The van der Waals surface area contributed by atoms with Crippen LogP contribution in [0, 0.1) is 13.8 Å². The molecule has 1 saturated heterocycles. The summed E-state index contributed by atoms with van der Waals surface area (Å²) in [6, 6.07) is 6.27. The Balaban J connectivity index is 2.19. The fraction of sp³-hybridized carbons (Fsp3) is 0.538. The average molecular weight is 207 g/mol. The van der Waals surface area contributed by atoms with Gasteiger partial charge in [0.25, 0.3) is 0 Å². The van der Waals surface area contributed by atoms with Crippen LogP contribution in [-0.2, 0) is 6.42 Å². The zero-order valence-corrected chi connectivity index (χ0v) is 9.44. The molecule has 15 heavy (non-hydrogen) atoms. The van der Waals surface area contributed by atoms with Crippen LogP contribution in [0.1, 0.15) is 23.1 Å². The van der Waals surface area contributed by atoms with Crippen molar-refractivity contribution in [1.29, 1.82) is 0 Å². The zero-order valence-electron chi connectivity index (χ0n) is 9.44. The van der Waals surface area contributed by atoms with Crippen molar-refractivity contribution in [3.05, 3.63) is 34.9 Å². The molecular formula is C13H18FN. The van der Waals surface area contributed by atoms with E-state index in [0.29, 0.717) is 19.4 Å². The molecule has 1 nitrogen and oxygen atoms in total. The predicted molar refractivity (Wildman–Crippen MR) is 60.9 cm³/mol. The van der Waals surface area contributed by atoms with Crippen LogP contribution in [0.15, 0.2) is 18.2 Å². The van der Waals surface area contributed by atoms with E-state index in [2.05, 4.69) is 37.4 Å². The molecule has 2 rings (SSSR count). The van der Waals surface area contributed by atoms with Crippen LogP contribution in [0.25, 0.3) is 0 Å². The summed E-state index contributed by atoms with van der Waals surface area (Å²) < 4.78 is 14.2.